The lowest BCUT2D eigenvalue weighted by atomic mass is 9.93. The molecule has 4 aromatic rings. The maximum absolute atomic E-state index is 14.7. The van der Waals surface area contributed by atoms with Gasteiger partial charge in [0.05, 0.1) is 33.9 Å². The molecule has 37 heavy (non-hydrogen) atoms. The Morgan fingerprint density at radius 3 is 2.57 bits per heavy atom. The molecule has 0 spiro atoms. The van der Waals surface area contributed by atoms with Gasteiger partial charge in [0.2, 0.25) is 0 Å². The number of halogens is 2. The van der Waals surface area contributed by atoms with Crippen molar-refractivity contribution in [2.45, 2.75) is 32.0 Å². The largest absolute Gasteiger partial charge is 0.481 e. The second-order valence-corrected chi connectivity index (χ2v) is 9.96. The molecular formula is C26H20ClFN4O4S. The molecule has 0 saturated heterocycles. The summed E-state index contributed by atoms with van der Waals surface area (Å²) in [6.07, 6.45) is -3.14. The normalized spacial score (nSPS) is 16.1. The van der Waals surface area contributed by atoms with Crippen molar-refractivity contribution < 1.29 is 19.1 Å². The number of carboxylic acid groups (broad SMARTS) is 1. The number of nitrogens with one attached hydrogen (secondary N) is 1. The van der Waals surface area contributed by atoms with Crippen molar-refractivity contribution in [2.75, 3.05) is 0 Å². The Morgan fingerprint density at radius 2 is 1.89 bits per heavy atom. The Labute approximate surface area is 219 Å². The van der Waals surface area contributed by atoms with Crippen LogP contribution >= 0.6 is 22.9 Å². The molecule has 3 heterocycles. The fraction of sp³-hybridized carbons (Fsp3) is 0.192. The van der Waals surface area contributed by atoms with E-state index >= 15 is 0 Å². The van der Waals surface area contributed by atoms with Crippen LogP contribution in [0, 0.1) is 6.92 Å². The Bertz CT molecular complexity index is 1600. The molecule has 2 unspecified atom stereocenters. The third-order valence-electron chi connectivity index (χ3n) is 6.15. The minimum atomic E-state index is -2.29. The van der Waals surface area contributed by atoms with Gasteiger partial charge in [0.1, 0.15) is 0 Å². The number of alkyl halides is 1. The van der Waals surface area contributed by atoms with Gasteiger partial charge in [-0.3, -0.25) is 14.4 Å². The predicted octanol–water partition coefficient (Wildman–Crippen LogP) is 5.10. The van der Waals surface area contributed by atoms with Crippen LogP contribution in [0.15, 0.2) is 63.9 Å². The molecule has 2 aromatic carbocycles. The van der Waals surface area contributed by atoms with Crippen LogP contribution in [0.2, 0.25) is 5.02 Å². The molecule has 8 nitrogen and oxygen atoms in total. The fourth-order valence-corrected chi connectivity index (χ4v) is 5.32. The number of H-pyrrole nitrogens is 1. The number of carbonyl (C=O) groups is 2. The molecule has 0 bridgehead atoms. The number of rotatable bonds is 6. The number of thiazole rings is 1. The second kappa shape index (κ2) is 9.87. The number of hydrazone groups is 1. The third kappa shape index (κ3) is 4.77. The predicted molar refractivity (Wildman–Crippen MR) is 140 cm³/mol. The average molecular weight is 539 g/mol. The number of nitrogens with zero attached hydrogens (tertiary/aromatic N) is 3. The van der Waals surface area contributed by atoms with Crippen LogP contribution in [-0.2, 0) is 9.59 Å². The minimum Gasteiger partial charge on any atom is -0.481 e. The van der Waals surface area contributed by atoms with Crippen LogP contribution in [0.5, 0.6) is 0 Å². The van der Waals surface area contributed by atoms with Gasteiger partial charge < -0.3 is 10.1 Å². The Hall–Kier alpha value is -3.89. The lowest BCUT2D eigenvalue weighted by Crippen LogP contribution is -2.35. The monoisotopic (exact) mass is 538 g/mol. The summed E-state index contributed by atoms with van der Waals surface area (Å²) in [4.78, 5) is 44.5. The van der Waals surface area contributed by atoms with Crippen LogP contribution in [0.1, 0.15) is 35.6 Å². The number of hydrogen-bond donors (Lipinski definition) is 2. The van der Waals surface area contributed by atoms with Crippen LogP contribution in [0.25, 0.3) is 21.5 Å². The Balaban J connectivity index is 1.68. The van der Waals surface area contributed by atoms with E-state index in [0.29, 0.717) is 32.1 Å². The summed E-state index contributed by atoms with van der Waals surface area (Å²) in [7, 11) is 0. The maximum atomic E-state index is 14.7. The Morgan fingerprint density at radius 1 is 1.19 bits per heavy atom. The highest BCUT2D eigenvalue weighted by atomic mass is 35.5. The van der Waals surface area contributed by atoms with Crippen molar-refractivity contribution in [2.24, 2.45) is 5.10 Å². The number of carbonyl (C=O) groups excluding carboxylic acids is 1. The molecule has 11 heteroatoms. The van der Waals surface area contributed by atoms with E-state index in [1.807, 2.05) is 19.1 Å². The molecule has 2 atom stereocenters. The zero-order chi connectivity index (χ0) is 26.3. The highest BCUT2D eigenvalue weighted by Gasteiger charge is 2.39. The van der Waals surface area contributed by atoms with E-state index in [1.165, 1.54) is 11.3 Å². The SMILES string of the molecule is Cc1ccc(C2CC(c3c(-c4ccc(Cl)cc4)c4scnc4[nH]c3=O)=NN2C(=O)C(F)CC(=O)O)cc1. The lowest BCUT2D eigenvalue weighted by Gasteiger charge is -2.23. The van der Waals surface area contributed by atoms with Crippen LogP contribution in [0.4, 0.5) is 4.39 Å². The molecule has 2 N–H and O–H groups in total. The number of aromatic nitrogens is 2. The summed E-state index contributed by atoms with van der Waals surface area (Å²) in [5.74, 6) is -2.51. The molecule has 5 rings (SSSR count). The minimum absolute atomic E-state index is 0.128. The molecular weight excluding hydrogens is 519 g/mol. The molecule has 0 aliphatic carbocycles. The number of carboxylic acids is 1. The van der Waals surface area contributed by atoms with Gasteiger partial charge in [-0.1, -0.05) is 53.6 Å². The summed E-state index contributed by atoms with van der Waals surface area (Å²) >= 11 is 7.43. The number of aromatic amines is 1. The van der Waals surface area contributed by atoms with Gasteiger partial charge in [-0.2, -0.15) is 5.10 Å². The lowest BCUT2D eigenvalue weighted by molar-refractivity contribution is -0.146. The molecule has 1 amide bonds. The van der Waals surface area contributed by atoms with Crippen molar-refractivity contribution in [3.05, 3.63) is 86.1 Å². The number of aryl methyl sites for hydroxylation is 1. The summed E-state index contributed by atoms with van der Waals surface area (Å²) in [5, 5.41) is 14.9. The van der Waals surface area contributed by atoms with E-state index in [4.69, 9.17) is 16.7 Å². The Kier molecular flexibility index (Phi) is 6.61. The summed E-state index contributed by atoms with van der Waals surface area (Å²) in [6.45, 7) is 1.91. The second-order valence-electron chi connectivity index (χ2n) is 8.67. The van der Waals surface area contributed by atoms with Crippen LogP contribution < -0.4 is 5.56 Å². The van der Waals surface area contributed by atoms with Crippen molar-refractivity contribution in [1.29, 1.82) is 0 Å². The summed E-state index contributed by atoms with van der Waals surface area (Å²) in [5.41, 5.74) is 5.05. The number of aliphatic carboxylic acids is 1. The van der Waals surface area contributed by atoms with Gasteiger partial charge in [-0.05, 0) is 30.2 Å². The van der Waals surface area contributed by atoms with Crippen molar-refractivity contribution in [3.63, 3.8) is 0 Å². The van der Waals surface area contributed by atoms with Gasteiger partial charge in [0.25, 0.3) is 11.5 Å². The van der Waals surface area contributed by atoms with E-state index in [2.05, 4.69) is 15.1 Å². The molecule has 2 aromatic heterocycles. The first-order valence-electron chi connectivity index (χ1n) is 11.3. The molecule has 0 fully saturated rings. The molecule has 1 aliphatic rings. The average Bonchev–Trinajstić information content (AvgIpc) is 3.50. The standard InChI is InChI=1S/C26H20ClFN4O4S/c1-13-2-4-14(5-3-13)19-11-18(31-32(19)26(36)17(28)10-20(33)34)22-21(15-6-8-16(27)9-7-15)23-24(29-12-37-23)30-25(22)35/h2-9,12,17,19H,10-11H2,1H3,(H,30,35)(H,33,34). The van der Waals surface area contributed by atoms with Gasteiger partial charge in [0.15, 0.2) is 11.8 Å². The number of pyridine rings is 1. The quantitative estimate of drug-likeness (QED) is 0.354. The zero-order valence-corrected chi connectivity index (χ0v) is 21.0. The zero-order valence-electron chi connectivity index (χ0n) is 19.4. The van der Waals surface area contributed by atoms with E-state index in [9.17, 15) is 18.8 Å². The molecule has 1 aliphatic heterocycles. The topological polar surface area (TPSA) is 116 Å². The van der Waals surface area contributed by atoms with Crippen LogP contribution in [0.3, 0.4) is 0 Å². The third-order valence-corrected chi connectivity index (χ3v) is 7.24. The van der Waals surface area contributed by atoms with Crippen molar-refractivity contribution >= 4 is 50.9 Å². The van der Waals surface area contributed by atoms with Gasteiger partial charge >= 0.3 is 5.97 Å². The van der Waals surface area contributed by atoms with Crippen LogP contribution in [-0.4, -0.2) is 43.8 Å². The van der Waals surface area contributed by atoms with E-state index < -0.39 is 36.1 Å². The fourth-order valence-electron chi connectivity index (χ4n) is 4.37. The number of hydrogen-bond acceptors (Lipinski definition) is 6. The first-order chi connectivity index (χ1) is 17.7. The van der Waals surface area contributed by atoms with E-state index in [1.54, 1.807) is 41.9 Å². The van der Waals surface area contributed by atoms with Gasteiger partial charge in [-0.25, -0.2) is 14.4 Å². The van der Waals surface area contributed by atoms with Crippen molar-refractivity contribution in [1.82, 2.24) is 15.0 Å². The van der Waals surface area contributed by atoms with Gasteiger partial charge in [0, 0.05) is 17.0 Å². The first kappa shape index (κ1) is 24.8. The summed E-state index contributed by atoms with van der Waals surface area (Å²) in [6, 6.07) is 13.6. The van der Waals surface area contributed by atoms with Crippen molar-refractivity contribution in [3.8, 4) is 11.1 Å². The number of benzene rings is 2. The highest BCUT2D eigenvalue weighted by Crippen LogP contribution is 2.38. The molecule has 0 saturated carbocycles. The molecule has 188 valence electrons. The summed E-state index contributed by atoms with van der Waals surface area (Å²) < 4.78 is 15.4. The number of fused-ring (bicyclic) bond motifs is 1. The van der Waals surface area contributed by atoms with E-state index in [0.717, 1.165) is 10.6 Å². The molecule has 0 radical (unpaired) electrons. The van der Waals surface area contributed by atoms with E-state index in [-0.39, 0.29) is 17.7 Å². The number of amides is 1. The first-order valence-corrected chi connectivity index (χ1v) is 12.6. The van der Waals surface area contributed by atoms with Gasteiger partial charge in [-0.15, -0.1) is 11.3 Å². The highest BCUT2D eigenvalue weighted by molar-refractivity contribution is 7.17. The maximum Gasteiger partial charge on any atom is 0.306 e. The smallest absolute Gasteiger partial charge is 0.306 e.